The van der Waals surface area contributed by atoms with Gasteiger partial charge in [-0.15, -0.1) is 0 Å². The molecule has 0 bridgehead atoms. The topological polar surface area (TPSA) is 75.7 Å². The van der Waals surface area contributed by atoms with E-state index in [1.165, 1.54) is 4.90 Å². The first-order valence-corrected chi connectivity index (χ1v) is 9.59. The van der Waals surface area contributed by atoms with Gasteiger partial charge in [-0.2, -0.15) is 0 Å². The highest BCUT2D eigenvalue weighted by Crippen LogP contribution is 2.29. The van der Waals surface area contributed by atoms with Crippen LogP contribution in [0, 0.1) is 13.8 Å². The summed E-state index contributed by atoms with van der Waals surface area (Å²) in [5.41, 5.74) is 2.64. The minimum absolute atomic E-state index is 0.0415. The molecule has 2 aromatic rings. The molecule has 0 radical (unpaired) electrons. The lowest BCUT2D eigenvalue weighted by molar-refractivity contribution is -0.128. The monoisotopic (exact) mass is 394 g/mol. The van der Waals surface area contributed by atoms with Crippen molar-refractivity contribution in [3.8, 4) is 0 Å². The summed E-state index contributed by atoms with van der Waals surface area (Å²) in [4.78, 5) is 39.2. The van der Waals surface area contributed by atoms with E-state index in [9.17, 15) is 14.4 Å². The van der Waals surface area contributed by atoms with E-state index in [1.807, 2.05) is 32.0 Å². The predicted octanol–water partition coefficient (Wildman–Crippen LogP) is 3.72. The molecule has 1 aliphatic rings. The van der Waals surface area contributed by atoms with Gasteiger partial charge in [-0.25, -0.2) is 0 Å². The Bertz CT molecular complexity index is 946. The maximum absolute atomic E-state index is 12.7. The fourth-order valence-electron chi connectivity index (χ4n) is 3.31. The minimum atomic E-state index is -0.902. The lowest BCUT2D eigenvalue weighted by Crippen LogP contribution is -2.51. The van der Waals surface area contributed by atoms with Gasteiger partial charge in [0.15, 0.2) is 0 Å². The molecule has 1 atom stereocenters. The Hall–Kier alpha value is -2.99. The standard InChI is InChI=1S/C23H26N2O4/c1-14-10-11-15(2)19(12-14)24-20(26)16(3)29-13-23(4,5)25-21(27)17-8-6-7-9-18(17)22(25)28/h6-12,16H,13H2,1-5H3,(H,24,26). The molecule has 0 fully saturated rings. The second-order valence-electron chi connectivity index (χ2n) is 8.06. The molecular formula is C23H26N2O4. The third-order valence-electron chi connectivity index (χ3n) is 5.11. The first-order chi connectivity index (χ1) is 13.6. The van der Waals surface area contributed by atoms with Gasteiger partial charge in [0.1, 0.15) is 6.10 Å². The van der Waals surface area contributed by atoms with Crippen LogP contribution in [0.25, 0.3) is 0 Å². The summed E-state index contributed by atoms with van der Waals surface area (Å²) >= 11 is 0. The normalized spacial score (nSPS) is 14.7. The Kier molecular flexibility index (Phi) is 5.57. The number of imide groups is 1. The number of carbonyl (C=O) groups excluding carboxylic acids is 3. The lowest BCUT2D eigenvalue weighted by atomic mass is 10.0. The lowest BCUT2D eigenvalue weighted by Gasteiger charge is -2.34. The van der Waals surface area contributed by atoms with Crippen molar-refractivity contribution in [2.75, 3.05) is 11.9 Å². The second kappa shape index (κ2) is 7.79. The van der Waals surface area contributed by atoms with E-state index in [2.05, 4.69) is 5.32 Å². The Morgan fingerprint density at radius 2 is 1.66 bits per heavy atom. The molecule has 1 heterocycles. The molecule has 1 aliphatic heterocycles. The predicted molar refractivity (Wildman–Crippen MR) is 111 cm³/mol. The molecule has 3 amide bonds. The van der Waals surface area contributed by atoms with E-state index in [0.29, 0.717) is 11.1 Å². The third kappa shape index (κ3) is 4.07. The van der Waals surface area contributed by atoms with Crippen LogP contribution in [0.2, 0.25) is 0 Å². The van der Waals surface area contributed by atoms with Gasteiger partial charge in [-0.1, -0.05) is 24.3 Å². The molecule has 0 saturated heterocycles. The maximum Gasteiger partial charge on any atom is 0.262 e. The van der Waals surface area contributed by atoms with E-state index >= 15 is 0 Å². The average Bonchev–Trinajstić information content (AvgIpc) is 2.94. The largest absolute Gasteiger partial charge is 0.366 e. The number of ether oxygens (including phenoxy) is 1. The number of nitrogens with one attached hydrogen (secondary N) is 1. The first-order valence-electron chi connectivity index (χ1n) is 9.59. The van der Waals surface area contributed by atoms with Gasteiger partial charge in [0.25, 0.3) is 17.7 Å². The van der Waals surface area contributed by atoms with Gasteiger partial charge in [-0.05, 0) is 63.9 Å². The van der Waals surface area contributed by atoms with Gasteiger partial charge in [0, 0.05) is 5.69 Å². The summed E-state index contributed by atoms with van der Waals surface area (Å²) in [6.45, 7) is 9.08. The summed E-state index contributed by atoms with van der Waals surface area (Å²) in [7, 11) is 0. The van der Waals surface area contributed by atoms with Crippen molar-refractivity contribution < 1.29 is 19.1 Å². The van der Waals surface area contributed by atoms with Crippen LogP contribution < -0.4 is 5.32 Å². The Balaban J connectivity index is 1.65. The van der Waals surface area contributed by atoms with E-state index in [-0.39, 0.29) is 24.3 Å². The molecule has 2 aromatic carbocycles. The molecule has 0 aromatic heterocycles. The highest BCUT2D eigenvalue weighted by Gasteiger charge is 2.44. The van der Waals surface area contributed by atoms with Crippen molar-refractivity contribution in [2.45, 2.75) is 46.3 Å². The number of anilines is 1. The summed E-state index contributed by atoms with van der Waals surface area (Å²) in [5, 5.41) is 2.88. The van der Waals surface area contributed by atoms with Crippen LogP contribution in [0.1, 0.15) is 52.6 Å². The van der Waals surface area contributed by atoms with Crippen LogP contribution in [-0.4, -0.2) is 40.9 Å². The molecule has 0 spiro atoms. The Morgan fingerprint density at radius 1 is 1.07 bits per heavy atom. The smallest absolute Gasteiger partial charge is 0.262 e. The zero-order valence-electron chi connectivity index (χ0n) is 17.4. The zero-order chi connectivity index (χ0) is 21.3. The van der Waals surface area contributed by atoms with Crippen molar-refractivity contribution in [1.29, 1.82) is 0 Å². The number of fused-ring (bicyclic) bond motifs is 1. The fourth-order valence-corrected chi connectivity index (χ4v) is 3.31. The summed E-state index contributed by atoms with van der Waals surface area (Å²) < 4.78 is 5.76. The van der Waals surface area contributed by atoms with E-state index in [1.54, 1.807) is 45.0 Å². The molecule has 3 rings (SSSR count). The van der Waals surface area contributed by atoms with Crippen LogP contribution in [0.4, 0.5) is 5.69 Å². The minimum Gasteiger partial charge on any atom is -0.366 e. The second-order valence-corrected chi connectivity index (χ2v) is 8.06. The Morgan fingerprint density at radius 3 is 2.24 bits per heavy atom. The van der Waals surface area contributed by atoms with Crippen molar-refractivity contribution >= 4 is 23.4 Å². The number of hydrogen-bond donors (Lipinski definition) is 1. The highest BCUT2D eigenvalue weighted by molar-refractivity contribution is 6.21. The highest BCUT2D eigenvalue weighted by atomic mass is 16.5. The number of aryl methyl sites for hydroxylation is 2. The van der Waals surface area contributed by atoms with E-state index in [4.69, 9.17) is 4.74 Å². The number of hydrogen-bond acceptors (Lipinski definition) is 4. The molecule has 152 valence electrons. The van der Waals surface area contributed by atoms with Crippen molar-refractivity contribution in [1.82, 2.24) is 4.90 Å². The van der Waals surface area contributed by atoms with Crippen LogP contribution in [0.15, 0.2) is 42.5 Å². The van der Waals surface area contributed by atoms with Gasteiger partial charge in [0.05, 0.1) is 23.3 Å². The third-order valence-corrected chi connectivity index (χ3v) is 5.11. The SMILES string of the molecule is Cc1ccc(C)c(NC(=O)C(C)OCC(C)(C)N2C(=O)c3ccccc3C2=O)c1. The van der Waals surface area contributed by atoms with E-state index in [0.717, 1.165) is 16.8 Å². The van der Waals surface area contributed by atoms with Gasteiger partial charge in [-0.3, -0.25) is 19.3 Å². The number of rotatable bonds is 6. The zero-order valence-corrected chi connectivity index (χ0v) is 17.4. The Labute approximate surface area is 170 Å². The molecule has 29 heavy (non-hydrogen) atoms. The molecule has 1 N–H and O–H groups in total. The van der Waals surface area contributed by atoms with Crippen LogP contribution in [0.5, 0.6) is 0 Å². The van der Waals surface area contributed by atoms with Crippen LogP contribution in [0.3, 0.4) is 0 Å². The summed E-state index contributed by atoms with van der Waals surface area (Å²) in [6.07, 6.45) is -0.746. The van der Waals surface area contributed by atoms with Crippen LogP contribution >= 0.6 is 0 Å². The van der Waals surface area contributed by atoms with Crippen molar-refractivity contribution in [3.05, 3.63) is 64.7 Å². The van der Waals surface area contributed by atoms with Crippen molar-refractivity contribution in [3.63, 3.8) is 0 Å². The molecule has 1 unspecified atom stereocenters. The molecule has 0 saturated carbocycles. The van der Waals surface area contributed by atoms with Gasteiger partial charge >= 0.3 is 0 Å². The first kappa shape index (κ1) is 20.7. The number of amides is 3. The molecule has 0 aliphatic carbocycles. The summed E-state index contributed by atoms with van der Waals surface area (Å²) in [5.74, 6) is -0.963. The van der Waals surface area contributed by atoms with E-state index < -0.39 is 11.6 Å². The maximum atomic E-state index is 12.7. The quantitative estimate of drug-likeness (QED) is 0.758. The molecular weight excluding hydrogens is 368 g/mol. The summed E-state index contributed by atoms with van der Waals surface area (Å²) in [6, 6.07) is 12.6. The number of nitrogens with zero attached hydrogens (tertiary/aromatic N) is 1. The number of benzene rings is 2. The molecule has 6 nitrogen and oxygen atoms in total. The fraction of sp³-hybridized carbons (Fsp3) is 0.348. The number of carbonyl (C=O) groups is 3. The van der Waals surface area contributed by atoms with Gasteiger partial charge in [0.2, 0.25) is 0 Å². The van der Waals surface area contributed by atoms with Crippen molar-refractivity contribution in [2.24, 2.45) is 0 Å². The molecule has 6 heteroatoms. The average molecular weight is 394 g/mol. The van der Waals surface area contributed by atoms with Gasteiger partial charge < -0.3 is 10.1 Å². The van der Waals surface area contributed by atoms with Crippen LogP contribution in [-0.2, 0) is 9.53 Å².